The van der Waals surface area contributed by atoms with Crippen LogP contribution in [0.25, 0.3) is 16.9 Å². The van der Waals surface area contributed by atoms with Gasteiger partial charge in [-0.3, -0.25) is 0 Å². The van der Waals surface area contributed by atoms with Gasteiger partial charge in [0.05, 0.1) is 0 Å². The van der Waals surface area contributed by atoms with E-state index in [4.69, 9.17) is 9.84 Å². The summed E-state index contributed by atoms with van der Waals surface area (Å²) in [6.45, 7) is 1.99. The third-order valence-corrected chi connectivity index (χ3v) is 5.52. The quantitative estimate of drug-likeness (QED) is 0.550. The Morgan fingerprint density at radius 3 is 2.43 bits per heavy atom. The molecule has 30 heavy (non-hydrogen) atoms. The molecule has 3 heterocycles. The SMILES string of the molecule is N#Cc1c(-c2ccc(Oc3ccccc3)cc2)nn2c(C3CCNCC3)ccnc12. The maximum Gasteiger partial charge on any atom is 0.173 e. The molecule has 2 aromatic carbocycles. The Kier molecular flexibility index (Phi) is 4.88. The van der Waals surface area contributed by atoms with E-state index < -0.39 is 0 Å². The van der Waals surface area contributed by atoms with Gasteiger partial charge in [0.2, 0.25) is 0 Å². The van der Waals surface area contributed by atoms with Crippen molar-refractivity contribution in [2.75, 3.05) is 13.1 Å². The second-order valence-electron chi connectivity index (χ2n) is 7.40. The monoisotopic (exact) mass is 395 g/mol. The summed E-state index contributed by atoms with van der Waals surface area (Å²) in [7, 11) is 0. The minimum atomic E-state index is 0.415. The standard InChI is InChI=1S/C24H21N5O/c25-16-21-23(18-6-8-20(9-7-18)30-19-4-2-1-3-5-19)28-29-22(12-15-27-24(21)29)17-10-13-26-14-11-17/h1-9,12,15,17,26H,10-11,13-14H2. The molecular formula is C24H21N5O. The van der Waals surface area contributed by atoms with Crippen LogP contribution in [0.15, 0.2) is 66.9 Å². The van der Waals surface area contributed by atoms with Gasteiger partial charge >= 0.3 is 0 Å². The van der Waals surface area contributed by atoms with Gasteiger partial charge in [-0.25, -0.2) is 9.50 Å². The normalized spacial score (nSPS) is 14.5. The van der Waals surface area contributed by atoms with E-state index in [0.29, 0.717) is 22.8 Å². The van der Waals surface area contributed by atoms with E-state index in [2.05, 4.69) is 16.4 Å². The summed E-state index contributed by atoms with van der Waals surface area (Å²) < 4.78 is 7.73. The number of nitrogens with zero attached hydrogens (tertiary/aromatic N) is 4. The van der Waals surface area contributed by atoms with Crippen LogP contribution in [-0.4, -0.2) is 27.7 Å². The molecule has 0 unspecified atom stereocenters. The van der Waals surface area contributed by atoms with Crippen LogP contribution in [0.1, 0.15) is 30.0 Å². The number of nitrogens with one attached hydrogen (secondary N) is 1. The van der Waals surface area contributed by atoms with Crippen molar-refractivity contribution < 1.29 is 4.74 Å². The van der Waals surface area contributed by atoms with Crippen molar-refractivity contribution in [3.8, 4) is 28.8 Å². The second-order valence-corrected chi connectivity index (χ2v) is 7.40. The lowest BCUT2D eigenvalue weighted by molar-refractivity contribution is 0.447. The van der Waals surface area contributed by atoms with Crippen LogP contribution in [0.3, 0.4) is 0 Å². The zero-order valence-electron chi connectivity index (χ0n) is 16.5. The number of hydrogen-bond acceptors (Lipinski definition) is 5. The van der Waals surface area contributed by atoms with E-state index in [0.717, 1.165) is 48.7 Å². The summed E-state index contributed by atoms with van der Waals surface area (Å²) in [4.78, 5) is 4.46. The summed E-state index contributed by atoms with van der Waals surface area (Å²) in [6.07, 6.45) is 3.90. The molecule has 0 aliphatic carbocycles. The van der Waals surface area contributed by atoms with Crippen molar-refractivity contribution in [3.05, 3.63) is 78.1 Å². The minimum absolute atomic E-state index is 0.415. The molecule has 0 bridgehead atoms. The number of aromatic nitrogens is 3. The lowest BCUT2D eigenvalue weighted by Gasteiger charge is -2.23. The molecule has 0 amide bonds. The van der Waals surface area contributed by atoms with Gasteiger partial charge in [-0.15, -0.1) is 0 Å². The Bertz CT molecular complexity index is 1200. The summed E-state index contributed by atoms with van der Waals surface area (Å²) in [6, 6.07) is 21.7. The molecule has 1 fully saturated rings. The second kappa shape index (κ2) is 7.97. The molecule has 2 aromatic heterocycles. The third-order valence-electron chi connectivity index (χ3n) is 5.52. The topological polar surface area (TPSA) is 75.2 Å². The van der Waals surface area contributed by atoms with Crippen molar-refractivity contribution in [3.63, 3.8) is 0 Å². The molecule has 0 spiro atoms. The summed E-state index contributed by atoms with van der Waals surface area (Å²) >= 11 is 0. The number of hydrogen-bond donors (Lipinski definition) is 1. The first-order chi connectivity index (χ1) is 14.8. The highest BCUT2D eigenvalue weighted by molar-refractivity contribution is 5.75. The van der Waals surface area contributed by atoms with Crippen LogP contribution in [0.4, 0.5) is 0 Å². The van der Waals surface area contributed by atoms with Crippen LogP contribution < -0.4 is 10.1 Å². The van der Waals surface area contributed by atoms with E-state index in [1.54, 1.807) is 6.20 Å². The lowest BCUT2D eigenvalue weighted by Crippen LogP contribution is -2.27. The van der Waals surface area contributed by atoms with Crippen LogP contribution in [0.5, 0.6) is 11.5 Å². The Balaban J connectivity index is 1.51. The molecule has 1 saturated heterocycles. The highest BCUT2D eigenvalue weighted by atomic mass is 16.5. The molecule has 0 radical (unpaired) electrons. The van der Waals surface area contributed by atoms with Gasteiger partial charge in [-0.1, -0.05) is 18.2 Å². The van der Waals surface area contributed by atoms with Gasteiger partial charge in [-0.05, 0) is 68.4 Å². The van der Waals surface area contributed by atoms with E-state index in [-0.39, 0.29) is 0 Å². The van der Waals surface area contributed by atoms with E-state index in [9.17, 15) is 5.26 Å². The van der Waals surface area contributed by atoms with Gasteiger partial charge in [0.1, 0.15) is 28.8 Å². The lowest BCUT2D eigenvalue weighted by atomic mass is 9.94. The zero-order chi connectivity index (χ0) is 20.3. The number of fused-ring (bicyclic) bond motifs is 1. The van der Waals surface area contributed by atoms with Crippen molar-refractivity contribution >= 4 is 5.65 Å². The molecule has 6 heteroatoms. The number of ether oxygens (including phenoxy) is 1. The van der Waals surface area contributed by atoms with Crippen molar-refractivity contribution in [2.45, 2.75) is 18.8 Å². The number of nitriles is 1. The Morgan fingerprint density at radius 2 is 1.70 bits per heavy atom. The first-order valence-electron chi connectivity index (χ1n) is 10.2. The Hall–Kier alpha value is -3.69. The summed E-state index contributed by atoms with van der Waals surface area (Å²) in [5.41, 5.74) is 3.76. The Morgan fingerprint density at radius 1 is 0.967 bits per heavy atom. The number of rotatable bonds is 4. The third kappa shape index (κ3) is 3.40. The van der Waals surface area contributed by atoms with Gasteiger partial charge < -0.3 is 10.1 Å². The van der Waals surface area contributed by atoms with Gasteiger partial charge in [0.25, 0.3) is 0 Å². The number of benzene rings is 2. The number of piperidine rings is 1. The fourth-order valence-corrected chi connectivity index (χ4v) is 4.00. The van der Waals surface area contributed by atoms with Crippen molar-refractivity contribution in [2.24, 2.45) is 0 Å². The molecule has 0 atom stereocenters. The van der Waals surface area contributed by atoms with E-state index >= 15 is 0 Å². The highest BCUT2D eigenvalue weighted by Gasteiger charge is 2.22. The predicted octanol–water partition coefficient (Wildman–Crippen LogP) is 4.53. The molecule has 4 aromatic rings. The fourth-order valence-electron chi connectivity index (χ4n) is 4.00. The fraction of sp³-hybridized carbons (Fsp3) is 0.208. The smallest absolute Gasteiger partial charge is 0.173 e. The minimum Gasteiger partial charge on any atom is -0.457 e. The molecule has 1 aliphatic heterocycles. The zero-order valence-corrected chi connectivity index (χ0v) is 16.5. The molecule has 5 rings (SSSR count). The van der Waals surface area contributed by atoms with Gasteiger partial charge in [-0.2, -0.15) is 10.4 Å². The van der Waals surface area contributed by atoms with Crippen LogP contribution in [0, 0.1) is 11.3 Å². The summed E-state index contributed by atoms with van der Waals surface area (Å²) in [5, 5.41) is 18.1. The maximum absolute atomic E-state index is 9.84. The van der Waals surface area contributed by atoms with Crippen LogP contribution >= 0.6 is 0 Å². The molecule has 1 N–H and O–H groups in total. The first kappa shape index (κ1) is 18.3. The van der Waals surface area contributed by atoms with E-state index in [1.165, 1.54) is 0 Å². The van der Waals surface area contributed by atoms with Crippen molar-refractivity contribution in [1.29, 1.82) is 5.26 Å². The Labute approximate surface area is 174 Å². The van der Waals surface area contributed by atoms with Gasteiger partial charge in [0.15, 0.2) is 5.65 Å². The largest absolute Gasteiger partial charge is 0.457 e. The molecular weight excluding hydrogens is 374 g/mol. The first-order valence-corrected chi connectivity index (χ1v) is 10.2. The molecule has 1 aliphatic rings. The highest BCUT2D eigenvalue weighted by Crippen LogP contribution is 2.31. The number of para-hydroxylation sites is 1. The van der Waals surface area contributed by atoms with Crippen LogP contribution in [-0.2, 0) is 0 Å². The summed E-state index contributed by atoms with van der Waals surface area (Å²) in [5.74, 6) is 1.94. The van der Waals surface area contributed by atoms with Crippen LogP contribution in [0.2, 0.25) is 0 Å². The predicted molar refractivity (Wildman–Crippen MR) is 114 cm³/mol. The average Bonchev–Trinajstić information content (AvgIpc) is 3.19. The molecule has 0 saturated carbocycles. The van der Waals surface area contributed by atoms with Gasteiger partial charge in [0, 0.05) is 23.4 Å². The molecule has 6 nitrogen and oxygen atoms in total. The molecule has 148 valence electrons. The average molecular weight is 395 g/mol. The van der Waals surface area contributed by atoms with E-state index in [1.807, 2.05) is 65.2 Å². The van der Waals surface area contributed by atoms with Crippen molar-refractivity contribution in [1.82, 2.24) is 19.9 Å². The maximum atomic E-state index is 9.84.